The Bertz CT molecular complexity index is 1030. The fourth-order valence-electron chi connectivity index (χ4n) is 4.04. The van der Waals surface area contributed by atoms with E-state index in [0.29, 0.717) is 42.3 Å². The van der Waals surface area contributed by atoms with Gasteiger partial charge in [0, 0.05) is 67.6 Å². The van der Waals surface area contributed by atoms with Crippen LogP contribution >= 0.6 is 11.6 Å². The number of nitrogens with zero attached hydrogens (tertiary/aromatic N) is 2. The highest BCUT2D eigenvalue weighted by molar-refractivity contribution is 6.34. The maximum atomic E-state index is 15.4. The lowest BCUT2D eigenvalue weighted by Crippen LogP contribution is -2.47. The SMILES string of the molecule is CN(C)C(=O)c1c(N)ccc(-c2cnc3c(c2Cl)[C@@]2(CCC(=O)NC2)CN3)c1F. The highest BCUT2D eigenvalue weighted by atomic mass is 35.5. The molecule has 1 atom stereocenters. The number of carbonyl (C=O) groups excluding carboxylic acids is 2. The first-order valence-electron chi connectivity index (χ1n) is 9.25. The largest absolute Gasteiger partial charge is 0.398 e. The Hall–Kier alpha value is -2.87. The van der Waals surface area contributed by atoms with E-state index in [1.165, 1.54) is 37.3 Å². The molecule has 1 aromatic heterocycles. The third kappa shape index (κ3) is 2.98. The van der Waals surface area contributed by atoms with Crippen molar-refractivity contribution in [3.8, 4) is 11.1 Å². The zero-order valence-electron chi connectivity index (χ0n) is 16.1. The summed E-state index contributed by atoms with van der Waals surface area (Å²) in [6, 6.07) is 3.00. The maximum absolute atomic E-state index is 15.4. The first-order valence-corrected chi connectivity index (χ1v) is 9.62. The van der Waals surface area contributed by atoms with Crippen LogP contribution in [-0.2, 0) is 10.2 Å². The summed E-state index contributed by atoms with van der Waals surface area (Å²) >= 11 is 6.77. The third-order valence-electron chi connectivity index (χ3n) is 5.68. The standard InChI is InChI=1S/C20H21ClFN5O2/c1-27(2)19(29)14-12(23)4-3-10(17(14)22)11-7-24-18-15(16(11)21)20(9-26-18)6-5-13(28)25-8-20/h3-4,7H,5-6,8-9,23H2,1-2H3,(H,24,26)(H,25,28)/t20-/m1/s1. The van der Waals surface area contributed by atoms with Gasteiger partial charge in [-0.3, -0.25) is 9.59 Å². The smallest absolute Gasteiger partial charge is 0.258 e. The second-order valence-corrected chi connectivity index (χ2v) is 8.09. The molecule has 1 aromatic carbocycles. The van der Waals surface area contributed by atoms with Crippen LogP contribution in [0.5, 0.6) is 0 Å². The van der Waals surface area contributed by atoms with E-state index in [1.54, 1.807) is 0 Å². The molecule has 0 aliphatic carbocycles. The Kier molecular flexibility index (Phi) is 4.61. The second kappa shape index (κ2) is 6.88. The Morgan fingerprint density at radius 3 is 2.66 bits per heavy atom. The lowest BCUT2D eigenvalue weighted by atomic mass is 9.76. The fraction of sp³-hybridized carbons (Fsp3) is 0.350. The number of halogens is 2. The number of carbonyl (C=O) groups is 2. The van der Waals surface area contributed by atoms with Gasteiger partial charge in [-0.05, 0) is 18.6 Å². The quantitative estimate of drug-likeness (QED) is 0.651. The summed E-state index contributed by atoms with van der Waals surface area (Å²) in [6.45, 7) is 1.03. The zero-order chi connectivity index (χ0) is 20.9. The maximum Gasteiger partial charge on any atom is 0.258 e. The number of fused-ring (bicyclic) bond motifs is 2. The van der Waals surface area contributed by atoms with Crippen molar-refractivity contribution < 1.29 is 14.0 Å². The molecule has 7 nitrogen and oxygen atoms in total. The molecule has 2 amide bonds. The molecule has 152 valence electrons. The number of benzene rings is 1. The lowest BCUT2D eigenvalue weighted by Gasteiger charge is -2.34. The van der Waals surface area contributed by atoms with Crippen molar-refractivity contribution in [2.24, 2.45) is 0 Å². The van der Waals surface area contributed by atoms with Crippen LogP contribution in [0.4, 0.5) is 15.9 Å². The van der Waals surface area contributed by atoms with Crippen LogP contribution in [0.1, 0.15) is 28.8 Å². The molecule has 4 N–H and O–H groups in total. The number of hydrogen-bond donors (Lipinski definition) is 3. The predicted molar refractivity (Wildman–Crippen MR) is 109 cm³/mol. The Balaban J connectivity index is 1.86. The summed E-state index contributed by atoms with van der Waals surface area (Å²) in [5.74, 6) is -0.624. The van der Waals surface area contributed by atoms with Crippen molar-refractivity contribution in [2.45, 2.75) is 18.3 Å². The van der Waals surface area contributed by atoms with Crippen LogP contribution in [0.2, 0.25) is 5.02 Å². The number of nitrogens with two attached hydrogens (primary N) is 1. The van der Waals surface area contributed by atoms with Gasteiger partial charge in [-0.15, -0.1) is 0 Å². The van der Waals surface area contributed by atoms with E-state index in [2.05, 4.69) is 15.6 Å². The van der Waals surface area contributed by atoms with E-state index < -0.39 is 17.1 Å². The first-order chi connectivity index (χ1) is 13.7. The number of hydrogen-bond acceptors (Lipinski definition) is 5. The Morgan fingerprint density at radius 1 is 1.28 bits per heavy atom. The van der Waals surface area contributed by atoms with Crippen LogP contribution in [0.3, 0.4) is 0 Å². The molecule has 2 aliphatic rings. The summed E-state index contributed by atoms with van der Waals surface area (Å²) in [5.41, 5.74) is 6.66. The average Bonchev–Trinajstić information content (AvgIpc) is 3.04. The van der Waals surface area contributed by atoms with Crippen LogP contribution < -0.4 is 16.4 Å². The van der Waals surface area contributed by atoms with Gasteiger partial charge < -0.3 is 21.3 Å². The summed E-state index contributed by atoms with van der Waals surface area (Å²) in [6.07, 6.45) is 2.50. The van der Waals surface area contributed by atoms with E-state index in [4.69, 9.17) is 17.3 Å². The number of nitrogens with one attached hydrogen (secondary N) is 2. The fourth-order valence-corrected chi connectivity index (χ4v) is 4.48. The molecule has 1 saturated heterocycles. The van der Waals surface area contributed by atoms with E-state index in [0.717, 1.165) is 5.56 Å². The average molecular weight is 418 g/mol. The van der Waals surface area contributed by atoms with Crippen LogP contribution in [0, 0.1) is 5.82 Å². The van der Waals surface area contributed by atoms with Crippen molar-refractivity contribution in [1.82, 2.24) is 15.2 Å². The van der Waals surface area contributed by atoms with Gasteiger partial charge in [0.25, 0.3) is 5.91 Å². The number of aromatic nitrogens is 1. The third-order valence-corrected chi connectivity index (χ3v) is 6.07. The second-order valence-electron chi connectivity index (χ2n) is 7.71. The Labute approximate surface area is 172 Å². The van der Waals surface area contributed by atoms with E-state index in [1.807, 2.05) is 0 Å². The van der Waals surface area contributed by atoms with Crippen molar-refractivity contribution >= 4 is 34.9 Å². The van der Waals surface area contributed by atoms with Crippen molar-refractivity contribution in [3.63, 3.8) is 0 Å². The highest BCUT2D eigenvalue weighted by Crippen LogP contribution is 2.47. The van der Waals surface area contributed by atoms with E-state index >= 15 is 4.39 Å². The van der Waals surface area contributed by atoms with Gasteiger partial charge in [0.15, 0.2) is 0 Å². The van der Waals surface area contributed by atoms with Crippen LogP contribution in [-0.4, -0.2) is 48.9 Å². The van der Waals surface area contributed by atoms with Gasteiger partial charge in [0.2, 0.25) is 5.91 Å². The van der Waals surface area contributed by atoms with Crippen LogP contribution in [0.15, 0.2) is 18.3 Å². The molecule has 1 fully saturated rings. The number of nitrogen functional groups attached to an aromatic ring is 1. The number of anilines is 2. The lowest BCUT2D eigenvalue weighted by molar-refractivity contribution is -0.123. The summed E-state index contributed by atoms with van der Waals surface area (Å²) < 4.78 is 15.4. The monoisotopic (exact) mass is 417 g/mol. The number of piperidine rings is 1. The predicted octanol–water partition coefficient (Wildman–Crippen LogP) is 2.40. The van der Waals surface area contributed by atoms with Crippen molar-refractivity contribution in [3.05, 3.63) is 40.3 Å². The number of pyridine rings is 1. The minimum absolute atomic E-state index is 0.000676. The number of rotatable bonds is 2. The molecular formula is C20H21ClFN5O2. The molecule has 2 aliphatic heterocycles. The molecule has 1 spiro atoms. The van der Waals surface area contributed by atoms with Crippen molar-refractivity contribution in [2.75, 3.05) is 38.2 Å². The topological polar surface area (TPSA) is 100 Å². The van der Waals surface area contributed by atoms with Gasteiger partial charge >= 0.3 is 0 Å². The van der Waals surface area contributed by atoms with Gasteiger partial charge in [-0.2, -0.15) is 0 Å². The highest BCUT2D eigenvalue weighted by Gasteiger charge is 2.44. The Morgan fingerprint density at radius 2 is 2.00 bits per heavy atom. The van der Waals surface area contributed by atoms with Crippen LogP contribution in [0.25, 0.3) is 11.1 Å². The van der Waals surface area contributed by atoms with E-state index in [9.17, 15) is 9.59 Å². The van der Waals surface area contributed by atoms with Gasteiger partial charge in [-0.25, -0.2) is 9.37 Å². The molecule has 9 heteroatoms. The van der Waals surface area contributed by atoms with Crippen molar-refractivity contribution in [1.29, 1.82) is 0 Å². The molecule has 0 radical (unpaired) electrons. The molecule has 0 bridgehead atoms. The minimum atomic E-state index is -0.732. The molecule has 0 unspecified atom stereocenters. The minimum Gasteiger partial charge on any atom is -0.398 e. The molecule has 0 saturated carbocycles. The summed E-state index contributed by atoms with van der Waals surface area (Å²) in [5, 5.41) is 6.50. The van der Waals surface area contributed by atoms with E-state index in [-0.39, 0.29) is 22.7 Å². The first kappa shape index (κ1) is 19.4. The zero-order valence-corrected chi connectivity index (χ0v) is 16.9. The van der Waals surface area contributed by atoms with Gasteiger partial charge in [0.05, 0.1) is 10.6 Å². The normalized spacial score (nSPS) is 20.2. The molecule has 2 aromatic rings. The summed E-state index contributed by atoms with van der Waals surface area (Å²) in [4.78, 5) is 29.8. The summed E-state index contributed by atoms with van der Waals surface area (Å²) in [7, 11) is 3.06. The molecule has 4 rings (SSSR count). The van der Waals surface area contributed by atoms with Gasteiger partial charge in [0.1, 0.15) is 11.6 Å². The number of amides is 2. The molecular weight excluding hydrogens is 397 g/mol. The molecule has 29 heavy (non-hydrogen) atoms. The van der Waals surface area contributed by atoms with Gasteiger partial charge in [-0.1, -0.05) is 11.6 Å². The molecule has 3 heterocycles.